The van der Waals surface area contributed by atoms with Crippen molar-refractivity contribution >= 4 is 5.82 Å². The average Bonchev–Trinajstić information content (AvgIpc) is 2.01. The number of anilines is 1. The Balaban J connectivity index is 1.71. The molecule has 2 fully saturated rings. The van der Waals surface area contributed by atoms with Crippen LogP contribution in [-0.4, -0.2) is 36.4 Å². The van der Waals surface area contributed by atoms with Crippen LogP contribution in [0.5, 0.6) is 0 Å². The van der Waals surface area contributed by atoms with Gasteiger partial charge in [-0.25, -0.2) is 0 Å². The molecule has 0 atom stereocenters. The van der Waals surface area contributed by atoms with Gasteiger partial charge in [0.05, 0.1) is 0 Å². The minimum absolute atomic E-state index is 0.567. The predicted molar refractivity (Wildman–Crippen MR) is 49.5 cm³/mol. The lowest BCUT2D eigenvalue weighted by Crippen LogP contribution is -2.71. The van der Waals surface area contributed by atoms with Gasteiger partial charge in [0.15, 0.2) is 5.82 Å². The molecule has 2 aliphatic heterocycles. The normalized spacial score (nSPS) is 23.8. The van der Waals surface area contributed by atoms with E-state index in [2.05, 4.69) is 20.4 Å². The molecule has 2 saturated heterocycles. The first kappa shape index (κ1) is 7.26. The molecule has 0 saturated carbocycles. The lowest BCUT2D eigenvalue weighted by atomic mass is 9.74. The molecule has 4 heteroatoms. The number of aromatic nitrogens is 2. The second-order valence-corrected chi connectivity index (χ2v) is 4.04. The number of hydrogen-bond acceptors (Lipinski definition) is 4. The van der Waals surface area contributed by atoms with Crippen LogP contribution >= 0.6 is 0 Å². The lowest BCUT2D eigenvalue weighted by Gasteiger charge is -2.56. The molecule has 0 unspecified atom stereocenters. The minimum Gasteiger partial charge on any atom is -0.354 e. The van der Waals surface area contributed by atoms with E-state index in [4.69, 9.17) is 0 Å². The first-order chi connectivity index (χ1) is 6.38. The van der Waals surface area contributed by atoms with E-state index >= 15 is 0 Å². The summed E-state index contributed by atoms with van der Waals surface area (Å²) in [5, 5.41) is 11.3. The second-order valence-electron chi connectivity index (χ2n) is 4.04. The van der Waals surface area contributed by atoms with Crippen molar-refractivity contribution in [2.45, 2.75) is 0 Å². The van der Waals surface area contributed by atoms with E-state index < -0.39 is 0 Å². The third-order valence-electron chi connectivity index (χ3n) is 2.93. The van der Waals surface area contributed by atoms with Crippen molar-refractivity contribution in [1.29, 1.82) is 0 Å². The van der Waals surface area contributed by atoms with Gasteiger partial charge in [-0.1, -0.05) is 0 Å². The van der Waals surface area contributed by atoms with Crippen molar-refractivity contribution in [2.75, 3.05) is 31.1 Å². The molecular weight excluding hydrogens is 164 g/mol. The molecule has 0 aliphatic carbocycles. The average molecular weight is 176 g/mol. The Morgan fingerprint density at radius 3 is 2.77 bits per heavy atom. The van der Waals surface area contributed by atoms with E-state index in [1.807, 2.05) is 12.1 Å². The standard InChI is InChI=1S/C9H12N4/c1-2-8(12-11-3-1)13-6-9(7-13)4-10-5-9/h1-3,10H,4-7H2. The molecule has 68 valence electrons. The number of rotatable bonds is 1. The molecule has 1 aromatic heterocycles. The van der Waals surface area contributed by atoms with Crippen LogP contribution in [0.3, 0.4) is 0 Å². The fourth-order valence-corrected chi connectivity index (χ4v) is 2.09. The van der Waals surface area contributed by atoms with E-state index in [-0.39, 0.29) is 0 Å². The van der Waals surface area contributed by atoms with Gasteiger partial charge >= 0.3 is 0 Å². The van der Waals surface area contributed by atoms with Gasteiger partial charge in [-0.2, -0.15) is 5.10 Å². The molecule has 3 heterocycles. The molecule has 0 amide bonds. The highest BCUT2D eigenvalue weighted by atomic mass is 15.3. The quantitative estimate of drug-likeness (QED) is 0.648. The number of hydrogen-bond donors (Lipinski definition) is 1. The zero-order valence-corrected chi connectivity index (χ0v) is 7.40. The third kappa shape index (κ3) is 1.02. The Morgan fingerprint density at radius 1 is 1.38 bits per heavy atom. The second kappa shape index (κ2) is 2.42. The Labute approximate surface area is 77.0 Å². The zero-order chi connectivity index (χ0) is 8.73. The van der Waals surface area contributed by atoms with Crippen molar-refractivity contribution in [3.05, 3.63) is 18.3 Å². The van der Waals surface area contributed by atoms with Crippen LogP contribution in [-0.2, 0) is 0 Å². The Bertz CT molecular complexity index is 299. The summed E-state index contributed by atoms with van der Waals surface area (Å²) in [5.74, 6) is 1.01. The van der Waals surface area contributed by atoms with Crippen molar-refractivity contribution in [3.63, 3.8) is 0 Å². The van der Waals surface area contributed by atoms with Gasteiger partial charge in [-0.05, 0) is 12.1 Å². The maximum absolute atomic E-state index is 4.08. The zero-order valence-electron chi connectivity index (χ0n) is 7.40. The summed E-state index contributed by atoms with van der Waals surface area (Å²) < 4.78 is 0. The summed E-state index contributed by atoms with van der Waals surface area (Å²) in [6.45, 7) is 4.62. The molecule has 13 heavy (non-hydrogen) atoms. The fourth-order valence-electron chi connectivity index (χ4n) is 2.09. The topological polar surface area (TPSA) is 41.1 Å². The van der Waals surface area contributed by atoms with E-state index in [0.717, 1.165) is 18.9 Å². The third-order valence-corrected chi connectivity index (χ3v) is 2.93. The number of nitrogens with zero attached hydrogens (tertiary/aromatic N) is 3. The van der Waals surface area contributed by atoms with Crippen LogP contribution in [0, 0.1) is 5.41 Å². The Kier molecular flexibility index (Phi) is 1.35. The molecule has 4 nitrogen and oxygen atoms in total. The monoisotopic (exact) mass is 176 g/mol. The van der Waals surface area contributed by atoms with Gasteiger partial charge in [-0.15, -0.1) is 5.10 Å². The van der Waals surface area contributed by atoms with Crippen LogP contribution in [0.4, 0.5) is 5.82 Å². The molecule has 3 rings (SSSR count). The minimum atomic E-state index is 0.567. The predicted octanol–water partition coefficient (Wildman–Crippen LogP) is -0.114. The largest absolute Gasteiger partial charge is 0.354 e. The van der Waals surface area contributed by atoms with Crippen molar-refractivity contribution in [2.24, 2.45) is 5.41 Å². The number of nitrogens with one attached hydrogen (secondary N) is 1. The summed E-state index contributed by atoms with van der Waals surface area (Å²) >= 11 is 0. The molecule has 2 aliphatic rings. The SMILES string of the molecule is c1cnnc(N2CC3(CNC3)C2)c1. The van der Waals surface area contributed by atoms with Crippen LogP contribution < -0.4 is 10.2 Å². The molecule has 0 bridgehead atoms. The van der Waals surface area contributed by atoms with Crippen LogP contribution in [0.2, 0.25) is 0 Å². The molecule has 0 aromatic carbocycles. The van der Waals surface area contributed by atoms with Crippen LogP contribution in [0.25, 0.3) is 0 Å². The van der Waals surface area contributed by atoms with E-state index in [1.165, 1.54) is 13.1 Å². The van der Waals surface area contributed by atoms with Gasteiger partial charge in [0, 0.05) is 37.8 Å². The van der Waals surface area contributed by atoms with Gasteiger partial charge in [-0.3, -0.25) is 0 Å². The fraction of sp³-hybridized carbons (Fsp3) is 0.556. The molecule has 1 spiro atoms. The maximum Gasteiger partial charge on any atom is 0.151 e. The van der Waals surface area contributed by atoms with Crippen molar-refractivity contribution < 1.29 is 0 Å². The summed E-state index contributed by atoms with van der Waals surface area (Å²) in [6, 6.07) is 3.96. The molecule has 0 radical (unpaired) electrons. The molecular formula is C9H12N4. The van der Waals surface area contributed by atoms with Crippen molar-refractivity contribution in [1.82, 2.24) is 15.5 Å². The highest BCUT2D eigenvalue weighted by Gasteiger charge is 2.47. The summed E-state index contributed by atoms with van der Waals surface area (Å²) in [6.07, 6.45) is 1.71. The van der Waals surface area contributed by atoms with Crippen molar-refractivity contribution in [3.8, 4) is 0 Å². The summed E-state index contributed by atoms with van der Waals surface area (Å²) in [4.78, 5) is 2.29. The summed E-state index contributed by atoms with van der Waals surface area (Å²) in [7, 11) is 0. The molecule has 1 aromatic rings. The van der Waals surface area contributed by atoms with Gasteiger partial charge in [0.25, 0.3) is 0 Å². The van der Waals surface area contributed by atoms with Crippen LogP contribution in [0.15, 0.2) is 18.3 Å². The first-order valence-electron chi connectivity index (χ1n) is 4.61. The van der Waals surface area contributed by atoms with E-state index in [1.54, 1.807) is 6.20 Å². The first-order valence-corrected chi connectivity index (χ1v) is 4.61. The highest BCUT2D eigenvalue weighted by Crippen LogP contribution is 2.36. The Morgan fingerprint density at radius 2 is 2.23 bits per heavy atom. The smallest absolute Gasteiger partial charge is 0.151 e. The van der Waals surface area contributed by atoms with E-state index in [9.17, 15) is 0 Å². The maximum atomic E-state index is 4.08. The van der Waals surface area contributed by atoms with Gasteiger partial charge in [0.2, 0.25) is 0 Å². The van der Waals surface area contributed by atoms with Gasteiger partial charge < -0.3 is 10.2 Å². The van der Waals surface area contributed by atoms with E-state index in [0.29, 0.717) is 5.41 Å². The highest BCUT2D eigenvalue weighted by molar-refractivity contribution is 5.42. The summed E-state index contributed by atoms with van der Waals surface area (Å²) in [5.41, 5.74) is 0.567. The lowest BCUT2D eigenvalue weighted by molar-refractivity contribution is 0.120. The molecule has 1 N–H and O–H groups in total. The van der Waals surface area contributed by atoms with Crippen LogP contribution in [0.1, 0.15) is 0 Å². The Hall–Kier alpha value is -1.16. The van der Waals surface area contributed by atoms with Gasteiger partial charge in [0.1, 0.15) is 0 Å².